The van der Waals surface area contributed by atoms with Gasteiger partial charge in [-0.25, -0.2) is 0 Å². The lowest BCUT2D eigenvalue weighted by atomic mass is 9.74. The molecule has 0 saturated carbocycles. The molecular weight excluding hydrogens is 202 g/mol. The average Bonchev–Trinajstić information content (AvgIpc) is 2.26. The number of aryl methyl sites for hydroxylation is 1. The molecule has 0 bridgehead atoms. The number of methoxy groups -OCH3 is 1. The van der Waals surface area contributed by atoms with E-state index in [4.69, 9.17) is 4.74 Å². The van der Waals surface area contributed by atoms with E-state index < -0.39 is 0 Å². The van der Waals surface area contributed by atoms with Gasteiger partial charge in [-0.1, -0.05) is 13.8 Å². The summed E-state index contributed by atoms with van der Waals surface area (Å²) in [6, 6.07) is 3.84. The smallest absolute Gasteiger partial charge is 0.150 e. The molecule has 0 radical (unpaired) electrons. The summed E-state index contributed by atoms with van der Waals surface area (Å²) in [5, 5.41) is 3.01. The van der Waals surface area contributed by atoms with Crippen LogP contribution in [0.4, 0.5) is 5.69 Å². The van der Waals surface area contributed by atoms with Crippen LogP contribution >= 0.6 is 0 Å². The summed E-state index contributed by atoms with van der Waals surface area (Å²) in [5.41, 5.74) is 3.30. The fraction of sp³-hybridized carbons (Fsp3) is 0.538. The van der Waals surface area contributed by atoms with Gasteiger partial charge in [0.25, 0.3) is 0 Å². The lowest BCUT2D eigenvalue weighted by molar-refractivity contribution is 0.314. The molecular formula is C13H17NO2. The molecule has 0 fully saturated rings. The Bertz CT molecular complexity index is 424. The molecule has 1 aliphatic carbocycles. The van der Waals surface area contributed by atoms with Crippen LogP contribution in [0, 0.1) is 10.3 Å². The standard InChI is InChI=1S/C13H17NO2/c1-13(2)5-4-9-6-11(14-15)12(16-3)7-10(9)8-13/h6-7H,4-5,8H2,1-3H3. The van der Waals surface area contributed by atoms with Crippen molar-refractivity contribution < 1.29 is 4.74 Å². The average molecular weight is 219 g/mol. The number of benzene rings is 1. The number of hydrogen-bond acceptors (Lipinski definition) is 3. The van der Waals surface area contributed by atoms with E-state index in [-0.39, 0.29) is 0 Å². The summed E-state index contributed by atoms with van der Waals surface area (Å²) in [6.07, 6.45) is 3.22. The molecule has 1 aromatic rings. The van der Waals surface area contributed by atoms with Crippen molar-refractivity contribution in [2.24, 2.45) is 10.6 Å². The van der Waals surface area contributed by atoms with Crippen LogP contribution in [-0.4, -0.2) is 7.11 Å². The second kappa shape index (κ2) is 3.89. The first-order valence-corrected chi connectivity index (χ1v) is 5.59. The first-order valence-electron chi connectivity index (χ1n) is 5.59. The minimum absolute atomic E-state index is 0.341. The quantitative estimate of drug-likeness (QED) is 0.713. The summed E-state index contributed by atoms with van der Waals surface area (Å²) in [7, 11) is 1.57. The summed E-state index contributed by atoms with van der Waals surface area (Å²) in [5.74, 6) is 0.589. The molecule has 1 aliphatic rings. The Morgan fingerprint density at radius 2 is 2.06 bits per heavy atom. The highest BCUT2D eigenvalue weighted by Crippen LogP contribution is 2.39. The Balaban J connectivity index is 2.46. The minimum atomic E-state index is 0.341. The molecule has 1 aromatic carbocycles. The third kappa shape index (κ3) is 1.94. The molecule has 0 unspecified atom stereocenters. The largest absolute Gasteiger partial charge is 0.494 e. The van der Waals surface area contributed by atoms with E-state index in [1.807, 2.05) is 12.1 Å². The van der Waals surface area contributed by atoms with E-state index in [0.29, 0.717) is 16.9 Å². The van der Waals surface area contributed by atoms with Crippen molar-refractivity contribution in [3.8, 4) is 5.75 Å². The molecule has 3 nitrogen and oxygen atoms in total. The summed E-state index contributed by atoms with van der Waals surface area (Å²) < 4.78 is 5.18. The highest BCUT2D eigenvalue weighted by atomic mass is 16.5. The summed E-state index contributed by atoms with van der Waals surface area (Å²) in [4.78, 5) is 10.7. The molecule has 0 N–H and O–H groups in total. The lowest BCUT2D eigenvalue weighted by Gasteiger charge is -2.31. The predicted octanol–water partition coefficient (Wildman–Crippen LogP) is 3.61. The molecule has 16 heavy (non-hydrogen) atoms. The zero-order chi connectivity index (χ0) is 11.8. The van der Waals surface area contributed by atoms with Crippen molar-refractivity contribution in [1.82, 2.24) is 0 Å². The van der Waals surface area contributed by atoms with E-state index in [9.17, 15) is 4.91 Å². The Labute approximate surface area is 95.8 Å². The Hall–Kier alpha value is -1.38. The highest BCUT2D eigenvalue weighted by Gasteiger charge is 2.26. The van der Waals surface area contributed by atoms with Crippen LogP contribution < -0.4 is 4.74 Å². The van der Waals surface area contributed by atoms with E-state index >= 15 is 0 Å². The van der Waals surface area contributed by atoms with Gasteiger partial charge >= 0.3 is 0 Å². The highest BCUT2D eigenvalue weighted by molar-refractivity contribution is 5.57. The van der Waals surface area contributed by atoms with Crippen LogP contribution in [0.15, 0.2) is 17.3 Å². The van der Waals surface area contributed by atoms with E-state index in [2.05, 4.69) is 19.0 Å². The van der Waals surface area contributed by atoms with Crippen LogP contribution in [0.3, 0.4) is 0 Å². The third-order valence-electron chi connectivity index (χ3n) is 3.34. The SMILES string of the molecule is COc1cc2c(cc1N=O)CCC(C)(C)C2. The second-order valence-electron chi connectivity index (χ2n) is 5.23. The number of hydrogen-bond donors (Lipinski definition) is 0. The maximum absolute atomic E-state index is 10.7. The van der Waals surface area contributed by atoms with E-state index in [1.54, 1.807) is 7.11 Å². The molecule has 2 rings (SSSR count). The van der Waals surface area contributed by atoms with Crippen LogP contribution in [0.25, 0.3) is 0 Å². The molecule has 0 amide bonds. The molecule has 0 heterocycles. The Morgan fingerprint density at radius 3 is 2.69 bits per heavy atom. The topological polar surface area (TPSA) is 38.7 Å². The number of rotatable bonds is 2. The van der Waals surface area contributed by atoms with Gasteiger partial charge in [-0.3, -0.25) is 0 Å². The number of fused-ring (bicyclic) bond motifs is 1. The summed E-state index contributed by atoms with van der Waals surface area (Å²) >= 11 is 0. The number of ether oxygens (including phenoxy) is 1. The number of nitroso groups, excluding NO2 is 1. The fourth-order valence-corrected chi connectivity index (χ4v) is 2.36. The van der Waals surface area contributed by atoms with Gasteiger partial charge in [-0.05, 0) is 53.1 Å². The fourth-order valence-electron chi connectivity index (χ4n) is 2.36. The molecule has 0 aromatic heterocycles. The minimum Gasteiger partial charge on any atom is -0.494 e. The monoisotopic (exact) mass is 219 g/mol. The van der Waals surface area contributed by atoms with Gasteiger partial charge in [0.2, 0.25) is 0 Å². The summed E-state index contributed by atoms with van der Waals surface area (Å²) in [6.45, 7) is 4.54. The lowest BCUT2D eigenvalue weighted by Crippen LogP contribution is -2.22. The van der Waals surface area contributed by atoms with Gasteiger partial charge in [-0.2, -0.15) is 0 Å². The van der Waals surface area contributed by atoms with Crippen molar-refractivity contribution >= 4 is 5.69 Å². The van der Waals surface area contributed by atoms with Gasteiger partial charge in [0.1, 0.15) is 11.4 Å². The normalized spacial score (nSPS) is 17.7. The molecule has 86 valence electrons. The third-order valence-corrected chi connectivity index (χ3v) is 3.34. The zero-order valence-corrected chi connectivity index (χ0v) is 10.0. The first-order chi connectivity index (χ1) is 7.55. The molecule has 3 heteroatoms. The van der Waals surface area contributed by atoms with Crippen molar-refractivity contribution in [2.45, 2.75) is 33.1 Å². The van der Waals surface area contributed by atoms with Crippen molar-refractivity contribution in [3.05, 3.63) is 28.2 Å². The van der Waals surface area contributed by atoms with E-state index in [0.717, 1.165) is 19.3 Å². The predicted molar refractivity (Wildman–Crippen MR) is 64.3 cm³/mol. The van der Waals surface area contributed by atoms with Crippen molar-refractivity contribution in [2.75, 3.05) is 7.11 Å². The maximum Gasteiger partial charge on any atom is 0.150 e. The molecule has 0 atom stereocenters. The van der Waals surface area contributed by atoms with Gasteiger partial charge in [0.05, 0.1) is 7.11 Å². The van der Waals surface area contributed by atoms with E-state index in [1.165, 1.54) is 11.1 Å². The molecule has 0 spiro atoms. The van der Waals surface area contributed by atoms with Gasteiger partial charge < -0.3 is 4.74 Å². The van der Waals surface area contributed by atoms with Crippen LogP contribution in [0.1, 0.15) is 31.4 Å². The van der Waals surface area contributed by atoms with Crippen LogP contribution in [-0.2, 0) is 12.8 Å². The number of nitrogens with zero attached hydrogens (tertiary/aromatic N) is 1. The Kier molecular flexibility index (Phi) is 2.70. The Morgan fingerprint density at radius 1 is 1.31 bits per heavy atom. The maximum atomic E-state index is 10.7. The van der Waals surface area contributed by atoms with Crippen LogP contribution in [0.2, 0.25) is 0 Å². The zero-order valence-electron chi connectivity index (χ0n) is 10.0. The van der Waals surface area contributed by atoms with Crippen molar-refractivity contribution in [1.29, 1.82) is 0 Å². The van der Waals surface area contributed by atoms with Gasteiger partial charge in [-0.15, -0.1) is 4.91 Å². The van der Waals surface area contributed by atoms with Gasteiger partial charge in [0, 0.05) is 0 Å². The van der Waals surface area contributed by atoms with Crippen LogP contribution in [0.5, 0.6) is 5.75 Å². The second-order valence-corrected chi connectivity index (χ2v) is 5.23. The van der Waals surface area contributed by atoms with Gasteiger partial charge in [0.15, 0.2) is 0 Å². The molecule has 0 aliphatic heterocycles. The van der Waals surface area contributed by atoms with Crippen molar-refractivity contribution in [3.63, 3.8) is 0 Å². The molecule has 0 saturated heterocycles. The first kappa shape index (κ1) is 11.1.